The first kappa shape index (κ1) is 18.3. The lowest BCUT2D eigenvalue weighted by molar-refractivity contribution is -0.127. The lowest BCUT2D eigenvalue weighted by atomic mass is 10.1. The maximum Gasteiger partial charge on any atom is 0.264 e. The smallest absolute Gasteiger partial charge is 0.264 e. The molecule has 0 saturated heterocycles. The quantitative estimate of drug-likeness (QED) is 0.872. The largest absolute Gasteiger partial charge is 0.476 e. The van der Waals surface area contributed by atoms with Crippen molar-refractivity contribution in [2.75, 3.05) is 17.9 Å². The molecule has 1 atom stereocenters. The highest BCUT2D eigenvalue weighted by Crippen LogP contribution is 2.36. The first-order valence-electron chi connectivity index (χ1n) is 8.56. The summed E-state index contributed by atoms with van der Waals surface area (Å²) in [5.41, 5.74) is 1.53. The van der Waals surface area contributed by atoms with Crippen LogP contribution < -0.4 is 14.4 Å². The number of para-hydroxylation sites is 2. The second-order valence-corrected chi connectivity index (χ2v) is 7.98. The van der Waals surface area contributed by atoms with Crippen LogP contribution in [0.15, 0.2) is 53.4 Å². The van der Waals surface area contributed by atoms with Crippen LogP contribution in [-0.4, -0.2) is 34.0 Å². The first-order chi connectivity index (χ1) is 12.5. The number of carbonyl (C=O) groups excluding carboxylic acids is 1. The van der Waals surface area contributed by atoms with E-state index in [1.54, 1.807) is 36.4 Å². The Labute approximate surface area is 153 Å². The fourth-order valence-electron chi connectivity index (χ4n) is 2.97. The summed E-state index contributed by atoms with van der Waals surface area (Å²) in [5, 5.41) is 2.51. The average molecular weight is 374 g/mol. The van der Waals surface area contributed by atoms with Gasteiger partial charge in [0.15, 0.2) is 6.10 Å². The maximum atomic E-state index is 13.2. The van der Waals surface area contributed by atoms with Gasteiger partial charge < -0.3 is 10.1 Å². The van der Waals surface area contributed by atoms with Gasteiger partial charge in [0, 0.05) is 7.05 Å². The minimum Gasteiger partial charge on any atom is -0.476 e. The standard InChI is InChI=1S/C19H22N2O4S/c1-3-6-14-9-11-15(12-10-14)26(23,24)21-13-18(19(22)20-2)25-17-8-5-4-7-16(17)21/h4-5,7-12,18H,3,6,13H2,1-2H3,(H,20,22). The van der Waals surface area contributed by atoms with Crippen LogP contribution in [-0.2, 0) is 21.2 Å². The molecule has 138 valence electrons. The molecule has 0 spiro atoms. The van der Waals surface area contributed by atoms with E-state index < -0.39 is 16.1 Å². The van der Waals surface area contributed by atoms with E-state index in [4.69, 9.17) is 4.74 Å². The van der Waals surface area contributed by atoms with Crippen molar-refractivity contribution < 1.29 is 17.9 Å². The van der Waals surface area contributed by atoms with Crippen molar-refractivity contribution in [1.29, 1.82) is 0 Å². The van der Waals surface area contributed by atoms with Crippen LogP contribution in [0.2, 0.25) is 0 Å². The predicted molar refractivity (Wildman–Crippen MR) is 99.9 cm³/mol. The number of aryl methyl sites for hydroxylation is 1. The van der Waals surface area contributed by atoms with Crippen molar-refractivity contribution in [3.8, 4) is 5.75 Å². The fourth-order valence-corrected chi connectivity index (χ4v) is 4.45. The van der Waals surface area contributed by atoms with E-state index in [0.717, 1.165) is 18.4 Å². The van der Waals surface area contributed by atoms with Crippen molar-refractivity contribution in [1.82, 2.24) is 5.32 Å². The monoisotopic (exact) mass is 374 g/mol. The van der Waals surface area contributed by atoms with E-state index in [9.17, 15) is 13.2 Å². The fraction of sp³-hybridized carbons (Fsp3) is 0.316. The zero-order valence-electron chi connectivity index (χ0n) is 14.8. The summed E-state index contributed by atoms with van der Waals surface area (Å²) < 4.78 is 33.4. The van der Waals surface area contributed by atoms with Crippen molar-refractivity contribution in [2.45, 2.75) is 30.8 Å². The summed E-state index contributed by atoms with van der Waals surface area (Å²) in [7, 11) is -2.31. The molecule has 0 aromatic heterocycles. The van der Waals surface area contributed by atoms with Crippen LogP contribution in [0.3, 0.4) is 0 Å². The number of sulfonamides is 1. The van der Waals surface area contributed by atoms with Crippen LogP contribution >= 0.6 is 0 Å². The number of amides is 1. The number of benzene rings is 2. The summed E-state index contributed by atoms with van der Waals surface area (Å²) >= 11 is 0. The Hall–Kier alpha value is -2.54. The van der Waals surface area contributed by atoms with Gasteiger partial charge in [0.1, 0.15) is 5.75 Å². The third-order valence-electron chi connectivity index (χ3n) is 4.32. The second kappa shape index (κ2) is 7.37. The number of anilines is 1. The highest BCUT2D eigenvalue weighted by Gasteiger charge is 2.37. The Bertz CT molecular complexity index is 894. The number of rotatable bonds is 5. The van der Waals surface area contributed by atoms with Gasteiger partial charge in [-0.15, -0.1) is 0 Å². The van der Waals surface area contributed by atoms with Crippen LogP contribution in [0.1, 0.15) is 18.9 Å². The molecule has 1 amide bonds. The van der Waals surface area contributed by atoms with Gasteiger partial charge >= 0.3 is 0 Å². The van der Waals surface area contributed by atoms with Gasteiger partial charge in [0.2, 0.25) is 0 Å². The topological polar surface area (TPSA) is 75.7 Å². The van der Waals surface area contributed by atoms with Gasteiger partial charge in [-0.05, 0) is 36.2 Å². The van der Waals surface area contributed by atoms with Gasteiger partial charge in [-0.2, -0.15) is 0 Å². The van der Waals surface area contributed by atoms with Gasteiger partial charge in [0.25, 0.3) is 15.9 Å². The Balaban J connectivity index is 2.00. The predicted octanol–water partition coefficient (Wildman–Crippen LogP) is 2.34. The second-order valence-electron chi connectivity index (χ2n) is 6.12. The van der Waals surface area contributed by atoms with E-state index in [1.165, 1.54) is 11.4 Å². The summed E-state index contributed by atoms with van der Waals surface area (Å²) in [4.78, 5) is 12.2. The number of hydrogen-bond acceptors (Lipinski definition) is 4. The normalized spacial score (nSPS) is 16.5. The number of hydrogen-bond donors (Lipinski definition) is 1. The molecule has 0 bridgehead atoms. The molecule has 2 aromatic rings. The Morgan fingerprint density at radius 1 is 1.19 bits per heavy atom. The summed E-state index contributed by atoms with van der Waals surface area (Å²) in [5.74, 6) is 0.0107. The summed E-state index contributed by atoms with van der Waals surface area (Å²) in [6.07, 6.45) is 1.000. The Morgan fingerprint density at radius 2 is 1.88 bits per heavy atom. The molecule has 1 aliphatic heterocycles. The Morgan fingerprint density at radius 3 is 2.54 bits per heavy atom. The molecule has 2 aromatic carbocycles. The molecule has 0 aliphatic carbocycles. The van der Waals surface area contributed by atoms with Crippen molar-refractivity contribution in [3.05, 3.63) is 54.1 Å². The van der Waals surface area contributed by atoms with Crippen LogP contribution in [0.25, 0.3) is 0 Å². The number of likely N-dealkylation sites (N-methyl/N-ethyl adjacent to an activating group) is 1. The zero-order chi connectivity index (χ0) is 18.7. The van der Waals surface area contributed by atoms with Gasteiger partial charge in [-0.3, -0.25) is 9.10 Å². The van der Waals surface area contributed by atoms with Crippen molar-refractivity contribution in [2.24, 2.45) is 0 Å². The number of ether oxygens (including phenoxy) is 1. The highest BCUT2D eigenvalue weighted by molar-refractivity contribution is 7.92. The van der Waals surface area contributed by atoms with Crippen molar-refractivity contribution in [3.63, 3.8) is 0 Å². The lowest BCUT2D eigenvalue weighted by Gasteiger charge is -2.34. The average Bonchev–Trinajstić information content (AvgIpc) is 2.67. The van der Waals surface area contributed by atoms with Crippen LogP contribution in [0, 0.1) is 0 Å². The molecule has 1 heterocycles. The van der Waals surface area contributed by atoms with E-state index in [0.29, 0.717) is 11.4 Å². The summed E-state index contributed by atoms with van der Waals surface area (Å²) in [6, 6.07) is 13.7. The zero-order valence-corrected chi connectivity index (χ0v) is 15.6. The molecule has 3 rings (SSSR count). The number of fused-ring (bicyclic) bond motifs is 1. The minimum atomic E-state index is -3.81. The first-order valence-corrected chi connectivity index (χ1v) is 10.0. The molecule has 6 nitrogen and oxygen atoms in total. The molecule has 1 unspecified atom stereocenters. The van der Waals surface area contributed by atoms with E-state index >= 15 is 0 Å². The molecule has 0 radical (unpaired) electrons. The molecule has 1 aliphatic rings. The molecule has 0 saturated carbocycles. The summed E-state index contributed by atoms with van der Waals surface area (Å²) in [6.45, 7) is 2.00. The molecule has 0 fully saturated rings. The number of carbonyl (C=O) groups is 1. The third kappa shape index (κ3) is 3.39. The molecule has 26 heavy (non-hydrogen) atoms. The maximum absolute atomic E-state index is 13.2. The molecular formula is C19H22N2O4S. The van der Waals surface area contributed by atoms with Gasteiger partial charge in [0.05, 0.1) is 17.1 Å². The Kier molecular flexibility index (Phi) is 5.18. The highest BCUT2D eigenvalue weighted by atomic mass is 32.2. The molecule has 7 heteroatoms. The minimum absolute atomic E-state index is 0.0737. The molecular weight excluding hydrogens is 352 g/mol. The third-order valence-corrected chi connectivity index (χ3v) is 6.12. The number of nitrogens with one attached hydrogen (secondary N) is 1. The van der Waals surface area contributed by atoms with E-state index in [-0.39, 0.29) is 17.3 Å². The lowest BCUT2D eigenvalue weighted by Crippen LogP contribution is -2.50. The van der Waals surface area contributed by atoms with Crippen LogP contribution in [0.5, 0.6) is 5.75 Å². The van der Waals surface area contributed by atoms with Crippen molar-refractivity contribution >= 4 is 21.6 Å². The van der Waals surface area contributed by atoms with Crippen LogP contribution in [0.4, 0.5) is 5.69 Å². The molecule has 1 N–H and O–H groups in total. The van der Waals surface area contributed by atoms with Gasteiger partial charge in [-0.1, -0.05) is 37.6 Å². The van der Waals surface area contributed by atoms with Gasteiger partial charge in [-0.25, -0.2) is 8.42 Å². The van der Waals surface area contributed by atoms with E-state index in [1.807, 2.05) is 12.1 Å². The number of nitrogens with zero attached hydrogens (tertiary/aromatic N) is 1. The van der Waals surface area contributed by atoms with E-state index in [2.05, 4.69) is 12.2 Å². The SMILES string of the molecule is CCCc1ccc(S(=O)(=O)N2CC(C(=O)NC)Oc3ccccc32)cc1.